The summed E-state index contributed by atoms with van der Waals surface area (Å²) in [6, 6.07) is 0. The van der Waals surface area contributed by atoms with Gasteiger partial charge in [-0.05, 0) is 25.2 Å². The zero-order valence-corrected chi connectivity index (χ0v) is 9.72. The molecule has 1 unspecified atom stereocenters. The quantitative estimate of drug-likeness (QED) is 0.673. The van der Waals surface area contributed by atoms with Gasteiger partial charge >= 0.3 is 5.97 Å². The number of carboxylic acids is 1. The van der Waals surface area contributed by atoms with E-state index >= 15 is 0 Å². The molecule has 6 nitrogen and oxygen atoms in total. The number of rotatable bonds is 5. The number of carboxylic acid groups (broad SMARTS) is 1. The van der Waals surface area contributed by atoms with Crippen molar-refractivity contribution in [3.05, 3.63) is 0 Å². The number of ether oxygens (including phenoxy) is 1. The van der Waals surface area contributed by atoms with Crippen LogP contribution in [0.1, 0.15) is 19.3 Å². The predicted molar refractivity (Wildman–Crippen MR) is 59.3 cm³/mol. The standard InChI is InChI=1S/C11H18N2O4/c12-11(3-4-17-7-11)10(16)13(6-9(14)15)5-8-1-2-8/h8H,1-7,12H2,(H,14,15). The molecule has 0 radical (unpaired) electrons. The second-order valence-corrected chi connectivity index (χ2v) is 4.98. The van der Waals surface area contributed by atoms with Gasteiger partial charge in [-0.1, -0.05) is 0 Å². The lowest BCUT2D eigenvalue weighted by Gasteiger charge is -2.29. The Morgan fingerprint density at radius 1 is 1.47 bits per heavy atom. The number of nitrogens with zero attached hydrogens (tertiary/aromatic N) is 1. The maximum Gasteiger partial charge on any atom is 0.323 e. The normalized spacial score (nSPS) is 28.1. The molecule has 17 heavy (non-hydrogen) atoms. The third-order valence-corrected chi connectivity index (χ3v) is 3.27. The fourth-order valence-electron chi connectivity index (χ4n) is 2.06. The molecule has 3 N–H and O–H groups in total. The summed E-state index contributed by atoms with van der Waals surface area (Å²) in [6.07, 6.45) is 2.60. The molecule has 96 valence electrons. The Morgan fingerprint density at radius 3 is 2.65 bits per heavy atom. The third kappa shape index (κ3) is 2.95. The molecular weight excluding hydrogens is 224 g/mol. The third-order valence-electron chi connectivity index (χ3n) is 3.27. The van der Waals surface area contributed by atoms with Crippen LogP contribution >= 0.6 is 0 Å². The van der Waals surface area contributed by atoms with E-state index in [4.69, 9.17) is 15.6 Å². The molecular formula is C11H18N2O4. The van der Waals surface area contributed by atoms with Crippen LogP contribution in [0.25, 0.3) is 0 Å². The highest BCUT2D eigenvalue weighted by Crippen LogP contribution is 2.30. The molecule has 1 aliphatic carbocycles. The van der Waals surface area contributed by atoms with Crippen molar-refractivity contribution < 1.29 is 19.4 Å². The number of nitrogens with two attached hydrogens (primary N) is 1. The zero-order valence-electron chi connectivity index (χ0n) is 9.72. The SMILES string of the molecule is NC1(C(=O)N(CC(=O)O)CC2CC2)CCOC1. The molecule has 2 fully saturated rings. The Labute approximate surface area is 99.7 Å². The van der Waals surface area contributed by atoms with E-state index in [-0.39, 0.29) is 19.1 Å². The number of hydrogen-bond acceptors (Lipinski definition) is 4. The van der Waals surface area contributed by atoms with Crippen molar-refractivity contribution in [2.45, 2.75) is 24.8 Å². The summed E-state index contributed by atoms with van der Waals surface area (Å²) in [7, 11) is 0. The van der Waals surface area contributed by atoms with Crippen LogP contribution in [-0.4, -0.2) is 53.7 Å². The number of carbonyl (C=O) groups is 2. The first-order valence-electron chi connectivity index (χ1n) is 5.89. The molecule has 0 bridgehead atoms. The van der Waals surface area contributed by atoms with Crippen LogP contribution in [0.5, 0.6) is 0 Å². The van der Waals surface area contributed by atoms with Crippen LogP contribution in [0.3, 0.4) is 0 Å². The van der Waals surface area contributed by atoms with Gasteiger partial charge in [0.2, 0.25) is 5.91 Å². The first-order valence-corrected chi connectivity index (χ1v) is 5.89. The van der Waals surface area contributed by atoms with Gasteiger partial charge in [0.05, 0.1) is 6.61 Å². The molecule has 2 aliphatic rings. The van der Waals surface area contributed by atoms with E-state index in [1.165, 1.54) is 4.90 Å². The molecule has 1 saturated carbocycles. The zero-order chi connectivity index (χ0) is 12.5. The van der Waals surface area contributed by atoms with E-state index in [1.807, 2.05) is 0 Å². The number of hydrogen-bond donors (Lipinski definition) is 2. The lowest BCUT2D eigenvalue weighted by atomic mass is 9.98. The fourth-order valence-corrected chi connectivity index (χ4v) is 2.06. The average Bonchev–Trinajstić information content (AvgIpc) is 2.96. The van der Waals surface area contributed by atoms with Gasteiger partial charge in [-0.15, -0.1) is 0 Å². The number of aliphatic carboxylic acids is 1. The van der Waals surface area contributed by atoms with Gasteiger partial charge < -0.3 is 20.5 Å². The highest BCUT2D eigenvalue weighted by molar-refractivity contribution is 5.89. The lowest BCUT2D eigenvalue weighted by Crippen LogP contribution is -2.57. The van der Waals surface area contributed by atoms with Crippen LogP contribution in [0.4, 0.5) is 0 Å². The molecule has 0 aromatic rings. The van der Waals surface area contributed by atoms with E-state index in [1.54, 1.807) is 0 Å². The van der Waals surface area contributed by atoms with E-state index < -0.39 is 11.5 Å². The summed E-state index contributed by atoms with van der Waals surface area (Å²) in [5, 5.41) is 8.83. The van der Waals surface area contributed by atoms with E-state index in [2.05, 4.69) is 0 Å². The minimum Gasteiger partial charge on any atom is -0.480 e. The van der Waals surface area contributed by atoms with Crippen LogP contribution in [-0.2, 0) is 14.3 Å². The molecule has 1 amide bonds. The smallest absolute Gasteiger partial charge is 0.323 e. The monoisotopic (exact) mass is 242 g/mol. The predicted octanol–water partition coefficient (Wildman–Crippen LogP) is -0.573. The van der Waals surface area contributed by atoms with Crippen LogP contribution in [0.2, 0.25) is 0 Å². The van der Waals surface area contributed by atoms with Crippen molar-refractivity contribution in [3.63, 3.8) is 0 Å². The minimum absolute atomic E-state index is 0.187. The molecule has 0 spiro atoms. The largest absolute Gasteiger partial charge is 0.480 e. The number of amides is 1. The van der Waals surface area contributed by atoms with E-state index in [0.717, 1.165) is 12.8 Å². The van der Waals surface area contributed by atoms with Gasteiger partial charge in [-0.3, -0.25) is 9.59 Å². The second kappa shape index (κ2) is 4.62. The maximum atomic E-state index is 12.2. The Hall–Kier alpha value is -1.14. The van der Waals surface area contributed by atoms with Crippen LogP contribution < -0.4 is 5.73 Å². The second-order valence-electron chi connectivity index (χ2n) is 4.98. The number of carbonyl (C=O) groups excluding carboxylic acids is 1. The maximum absolute atomic E-state index is 12.2. The molecule has 0 aromatic heterocycles. The van der Waals surface area contributed by atoms with Gasteiger partial charge in [-0.2, -0.15) is 0 Å². The Balaban J connectivity index is 2.02. The minimum atomic E-state index is -1.02. The first kappa shape index (κ1) is 12.3. The Morgan fingerprint density at radius 2 is 2.18 bits per heavy atom. The van der Waals surface area contributed by atoms with Gasteiger partial charge in [0.25, 0.3) is 0 Å². The molecule has 1 saturated heterocycles. The van der Waals surface area contributed by atoms with Gasteiger partial charge in [0.15, 0.2) is 0 Å². The molecule has 6 heteroatoms. The van der Waals surface area contributed by atoms with Gasteiger partial charge in [0, 0.05) is 13.2 Å². The van der Waals surface area contributed by atoms with Crippen molar-refractivity contribution in [1.82, 2.24) is 4.90 Å². The van der Waals surface area contributed by atoms with E-state index in [0.29, 0.717) is 25.5 Å². The highest BCUT2D eigenvalue weighted by atomic mass is 16.5. The van der Waals surface area contributed by atoms with Gasteiger partial charge in [0.1, 0.15) is 12.1 Å². The summed E-state index contributed by atoms with van der Waals surface area (Å²) < 4.78 is 5.14. The van der Waals surface area contributed by atoms with Crippen LogP contribution in [0.15, 0.2) is 0 Å². The highest BCUT2D eigenvalue weighted by Gasteiger charge is 2.42. The summed E-state index contributed by atoms with van der Waals surface area (Å²) in [5.74, 6) is -0.838. The van der Waals surface area contributed by atoms with Crippen molar-refractivity contribution in [3.8, 4) is 0 Å². The van der Waals surface area contributed by atoms with Crippen molar-refractivity contribution in [2.75, 3.05) is 26.3 Å². The first-order chi connectivity index (χ1) is 8.01. The van der Waals surface area contributed by atoms with Crippen LogP contribution in [0, 0.1) is 5.92 Å². The summed E-state index contributed by atoms with van der Waals surface area (Å²) in [6.45, 7) is 0.886. The fraction of sp³-hybridized carbons (Fsp3) is 0.818. The van der Waals surface area contributed by atoms with Crippen molar-refractivity contribution in [2.24, 2.45) is 11.7 Å². The van der Waals surface area contributed by atoms with Crippen molar-refractivity contribution >= 4 is 11.9 Å². The van der Waals surface area contributed by atoms with Crippen molar-refractivity contribution in [1.29, 1.82) is 0 Å². The molecule has 1 aliphatic heterocycles. The topological polar surface area (TPSA) is 92.9 Å². The molecule has 0 aromatic carbocycles. The summed E-state index contributed by atoms with van der Waals surface area (Å²) in [5.41, 5.74) is 4.94. The average molecular weight is 242 g/mol. The summed E-state index contributed by atoms with van der Waals surface area (Å²) in [4.78, 5) is 24.4. The van der Waals surface area contributed by atoms with Gasteiger partial charge in [-0.25, -0.2) is 0 Å². The lowest BCUT2D eigenvalue weighted by molar-refractivity contribution is -0.147. The molecule has 1 heterocycles. The Kier molecular flexibility index (Phi) is 3.35. The van der Waals surface area contributed by atoms with E-state index in [9.17, 15) is 9.59 Å². The Bertz CT molecular complexity index is 321. The molecule has 2 rings (SSSR count). The summed E-state index contributed by atoms with van der Waals surface area (Å²) >= 11 is 0. The molecule has 1 atom stereocenters.